The summed E-state index contributed by atoms with van der Waals surface area (Å²) >= 11 is 0. The van der Waals surface area contributed by atoms with Gasteiger partial charge in [0.05, 0.1) is 6.54 Å². The lowest BCUT2D eigenvalue weighted by Gasteiger charge is -2.15. The molecule has 1 N–H and O–H groups in total. The number of benzene rings is 1. The number of ether oxygens (including phenoxy) is 1. The van der Waals surface area contributed by atoms with Crippen molar-refractivity contribution in [2.45, 2.75) is 12.8 Å². The van der Waals surface area contributed by atoms with Crippen LogP contribution in [-0.2, 0) is 9.59 Å². The Kier molecular flexibility index (Phi) is 3.79. The Morgan fingerprint density at radius 1 is 1.21 bits per heavy atom. The Hall–Kier alpha value is -2.37. The van der Waals surface area contributed by atoms with Crippen LogP contribution in [0.2, 0.25) is 0 Å². The lowest BCUT2D eigenvalue weighted by atomic mass is 10.2. The van der Waals surface area contributed by atoms with E-state index in [4.69, 9.17) is 9.84 Å². The van der Waals surface area contributed by atoms with E-state index in [1.807, 2.05) is 0 Å². The van der Waals surface area contributed by atoms with Crippen molar-refractivity contribution in [3.63, 3.8) is 0 Å². The van der Waals surface area contributed by atoms with Gasteiger partial charge in [-0.25, -0.2) is 4.79 Å². The maximum Gasteiger partial charge on any atom is 0.339 e. The summed E-state index contributed by atoms with van der Waals surface area (Å²) in [5.41, 5.74) is 0.0570. The fraction of sp³-hybridized carbons (Fsp3) is 0.308. The summed E-state index contributed by atoms with van der Waals surface area (Å²) in [4.78, 5) is 34.8. The highest BCUT2D eigenvalue weighted by molar-refractivity contribution is 6.01. The normalized spacial score (nSPS) is 14.8. The number of carbonyl (C=O) groups excluding carboxylic acids is 2. The molecule has 19 heavy (non-hydrogen) atoms. The van der Waals surface area contributed by atoms with Gasteiger partial charge in [0.15, 0.2) is 0 Å². The largest absolute Gasteiger partial charge is 0.491 e. The van der Waals surface area contributed by atoms with E-state index >= 15 is 0 Å². The molecule has 1 aromatic carbocycles. The summed E-state index contributed by atoms with van der Waals surface area (Å²) in [6.45, 7) is 0.230. The number of nitrogens with zero attached hydrogens (tertiary/aromatic N) is 1. The van der Waals surface area contributed by atoms with Crippen molar-refractivity contribution in [2.75, 3.05) is 13.2 Å². The van der Waals surface area contributed by atoms with E-state index in [9.17, 15) is 14.4 Å². The molecular weight excluding hydrogens is 250 g/mol. The smallest absolute Gasteiger partial charge is 0.339 e. The number of carboxylic acids is 1. The van der Waals surface area contributed by atoms with Crippen molar-refractivity contribution in [2.24, 2.45) is 0 Å². The topological polar surface area (TPSA) is 83.9 Å². The summed E-state index contributed by atoms with van der Waals surface area (Å²) in [5.74, 6) is -1.27. The molecule has 0 atom stereocenters. The van der Waals surface area contributed by atoms with Crippen LogP contribution in [0.1, 0.15) is 23.2 Å². The van der Waals surface area contributed by atoms with Crippen molar-refractivity contribution in [1.82, 2.24) is 4.90 Å². The molecule has 0 unspecified atom stereocenters. The molecule has 0 spiro atoms. The number of hydrogen-bond donors (Lipinski definition) is 1. The lowest BCUT2D eigenvalue weighted by Crippen LogP contribution is -2.33. The number of aromatic carboxylic acids is 1. The summed E-state index contributed by atoms with van der Waals surface area (Å²) in [6.07, 6.45) is 0.481. The molecule has 6 nitrogen and oxygen atoms in total. The zero-order valence-electron chi connectivity index (χ0n) is 10.2. The number of carbonyl (C=O) groups is 3. The molecule has 1 aromatic rings. The molecule has 1 saturated heterocycles. The predicted octanol–water partition coefficient (Wildman–Crippen LogP) is 0.913. The Morgan fingerprint density at radius 2 is 1.84 bits per heavy atom. The maximum atomic E-state index is 11.4. The van der Waals surface area contributed by atoms with Gasteiger partial charge < -0.3 is 9.84 Å². The highest BCUT2D eigenvalue weighted by Crippen LogP contribution is 2.18. The monoisotopic (exact) mass is 263 g/mol. The van der Waals surface area contributed by atoms with Crippen LogP contribution < -0.4 is 4.74 Å². The van der Waals surface area contributed by atoms with Crippen LogP contribution in [-0.4, -0.2) is 40.9 Å². The Balaban J connectivity index is 1.94. The summed E-state index contributed by atoms with van der Waals surface area (Å²) in [5, 5.41) is 8.96. The SMILES string of the molecule is O=C(O)c1ccccc1OCCN1C(=O)CCC1=O. The van der Waals surface area contributed by atoms with Gasteiger partial charge in [0.25, 0.3) is 0 Å². The second-order valence-corrected chi connectivity index (χ2v) is 4.09. The van der Waals surface area contributed by atoms with Crippen LogP contribution in [0.3, 0.4) is 0 Å². The zero-order valence-corrected chi connectivity index (χ0v) is 10.2. The molecule has 1 aliphatic rings. The van der Waals surface area contributed by atoms with Gasteiger partial charge in [-0.05, 0) is 12.1 Å². The molecule has 100 valence electrons. The minimum absolute atomic E-state index is 0.0570. The van der Waals surface area contributed by atoms with Gasteiger partial charge in [-0.1, -0.05) is 12.1 Å². The first-order chi connectivity index (χ1) is 9.09. The maximum absolute atomic E-state index is 11.4. The quantitative estimate of drug-likeness (QED) is 0.798. The van der Waals surface area contributed by atoms with Gasteiger partial charge in [-0.2, -0.15) is 0 Å². The lowest BCUT2D eigenvalue weighted by molar-refractivity contribution is -0.138. The van der Waals surface area contributed by atoms with Crippen LogP contribution in [0, 0.1) is 0 Å². The number of hydrogen-bond acceptors (Lipinski definition) is 4. The molecule has 2 amide bonds. The van der Waals surface area contributed by atoms with E-state index in [0.29, 0.717) is 0 Å². The molecule has 1 aliphatic heterocycles. The van der Waals surface area contributed by atoms with Crippen LogP contribution in [0.25, 0.3) is 0 Å². The number of carboxylic acid groups (broad SMARTS) is 1. The van der Waals surface area contributed by atoms with Crippen LogP contribution >= 0.6 is 0 Å². The van der Waals surface area contributed by atoms with E-state index in [1.165, 1.54) is 12.1 Å². The van der Waals surface area contributed by atoms with Crippen molar-refractivity contribution in [3.8, 4) is 5.75 Å². The summed E-state index contributed by atoms with van der Waals surface area (Å²) < 4.78 is 5.33. The molecule has 0 radical (unpaired) electrons. The van der Waals surface area contributed by atoms with Crippen molar-refractivity contribution < 1.29 is 24.2 Å². The molecule has 0 aromatic heterocycles. The van der Waals surface area contributed by atoms with E-state index in [-0.39, 0.29) is 49.1 Å². The third-order valence-electron chi connectivity index (χ3n) is 2.84. The second kappa shape index (κ2) is 5.51. The van der Waals surface area contributed by atoms with Gasteiger partial charge in [0.1, 0.15) is 17.9 Å². The van der Waals surface area contributed by atoms with Crippen molar-refractivity contribution >= 4 is 17.8 Å². The minimum Gasteiger partial charge on any atom is -0.491 e. The van der Waals surface area contributed by atoms with Crippen LogP contribution in [0.5, 0.6) is 5.75 Å². The highest BCUT2D eigenvalue weighted by Gasteiger charge is 2.28. The Morgan fingerprint density at radius 3 is 2.47 bits per heavy atom. The van der Waals surface area contributed by atoms with Gasteiger partial charge in [0.2, 0.25) is 11.8 Å². The van der Waals surface area contributed by atoms with Crippen molar-refractivity contribution in [1.29, 1.82) is 0 Å². The molecule has 1 heterocycles. The molecular formula is C13H13NO5. The van der Waals surface area contributed by atoms with Gasteiger partial charge >= 0.3 is 5.97 Å². The highest BCUT2D eigenvalue weighted by atomic mass is 16.5. The fourth-order valence-corrected chi connectivity index (χ4v) is 1.89. The molecule has 0 aliphatic carbocycles. The molecule has 0 saturated carbocycles. The predicted molar refractivity (Wildman–Crippen MR) is 64.9 cm³/mol. The number of rotatable bonds is 5. The third kappa shape index (κ3) is 2.90. The van der Waals surface area contributed by atoms with Gasteiger partial charge in [-0.3, -0.25) is 14.5 Å². The molecule has 2 rings (SSSR count). The fourth-order valence-electron chi connectivity index (χ4n) is 1.89. The first-order valence-electron chi connectivity index (χ1n) is 5.88. The van der Waals surface area contributed by atoms with Crippen LogP contribution in [0.15, 0.2) is 24.3 Å². The number of para-hydroxylation sites is 1. The Bertz CT molecular complexity index is 510. The number of amides is 2. The Labute approximate surface area is 109 Å². The standard InChI is InChI=1S/C13H13NO5/c15-11-5-6-12(16)14(11)7-8-19-10-4-2-1-3-9(10)13(17)18/h1-4H,5-8H2,(H,17,18). The van der Waals surface area contributed by atoms with Gasteiger partial charge in [-0.15, -0.1) is 0 Å². The number of imide groups is 1. The third-order valence-corrected chi connectivity index (χ3v) is 2.84. The number of likely N-dealkylation sites (tertiary alicyclic amines) is 1. The van der Waals surface area contributed by atoms with E-state index in [1.54, 1.807) is 12.1 Å². The first kappa shape index (κ1) is 13.1. The van der Waals surface area contributed by atoms with E-state index < -0.39 is 5.97 Å². The van der Waals surface area contributed by atoms with E-state index in [0.717, 1.165) is 4.90 Å². The summed E-state index contributed by atoms with van der Waals surface area (Å²) in [7, 11) is 0. The average Bonchev–Trinajstić information content (AvgIpc) is 2.70. The molecule has 0 bridgehead atoms. The van der Waals surface area contributed by atoms with Gasteiger partial charge in [0, 0.05) is 12.8 Å². The van der Waals surface area contributed by atoms with E-state index in [2.05, 4.69) is 0 Å². The zero-order chi connectivity index (χ0) is 13.8. The first-order valence-corrected chi connectivity index (χ1v) is 5.88. The summed E-state index contributed by atoms with van der Waals surface area (Å²) in [6, 6.07) is 6.23. The second-order valence-electron chi connectivity index (χ2n) is 4.09. The molecule has 6 heteroatoms. The average molecular weight is 263 g/mol. The molecule has 1 fully saturated rings. The van der Waals surface area contributed by atoms with Crippen molar-refractivity contribution in [3.05, 3.63) is 29.8 Å². The van der Waals surface area contributed by atoms with Crippen LogP contribution in [0.4, 0.5) is 0 Å². The minimum atomic E-state index is -1.08.